The molecule has 0 saturated heterocycles. The molecule has 1 rings (SSSR count). The van der Waals surface area contributed by atoms with Crippen molar-refractivity contribution in [3.63, 3.8) is 0 Å². The van der Waals surface area contributed by atoms with Crippen molar-refractivity contribution in [3.05, 3.63) is 0 Å². The summed E-state index contributed by atoms with van der Waals surface area (Å²) < 4.78 is 18.4. The second-order valence-corrected chi connectivity index (χ2v) is 6.75. The molecule has 1 aliphatic carbocycles. The number of carbonyl (C=O) groups excluding carboxylic acids is 1. The first-order valence-electron chi connectivity index (χ1n) is 7.58. The van der Waals surface area contributed by atoms with Crippen molar-refractivity contribution in [2.45, 2.75) is 70.7 Å². The first-order valence-corrected chi connectivity index (χ1v) is 7.58. The number of halogens is 1. The number of ether oxygens (including phenoxy) is 1. The van der Waals surface area contributed by atoms with Crippen LogP contribution in [0.1, 0.15) is 52.9 Å². The molecule has 0 spiro atoms. The maximum absolute atomic E-state index is 13.1. The molecule has 0 aromatic heterocycles. The smallest absolute Gasteiger partial charge is 0.407 e. The minimum Gasteiger partial charge on any atom is -0.444 e. The lowest BCUT2D eigenvalue weighted by molar-refractivity contribution is 0.0493. The highest BCUT2D eigenvalue weighted by molar-refractivity contribution is 5.68. The molecule has 0 radical (unpaired) electrons. The van der Waals surface area contributed by atoms with Crippen LogP contribution in [0, 0.1) is 5.92 Å². The maximum Gasteiger partial charge on any atom is 0.407 e. The summed E-state index contributed by atoms with van der Waals surface area (Å²) in [5, 5.41) is 6.01. The molecule has 1 atom stereocenters. The fourth-order valence-corrected chi connectivity index (χ4v) is 2.67. The van der Waals surface area contributed by atoms with Crippen molar-refractivity contribution >= 4 is 6.09 Å². The number of amides is 1. The van der Waals surface area contributed by atoms with Gasteiger partial charge in [0.1, 0.15) is 11.8 Å². The second-order valence-electron chi connectivity index (χ2n) is 6.75. The summed E-state index contributed by atoms with van der Waals surface area (Å²) >= 11 is 0. The molecule has 0 aromatic rings. The number of alkyl halides is 1. The molecule has 0 bridgehead atoms. The summed E-state index contributed by atoms with van der Waals surface area (Å²) in [6.07, 6.45) is 3.01. The van der Waals surface area contributed by atoms with Gasteiger partial charge in [0, 0.05) is 12.6 Å². The molecule has 2 N–H and O–H groups in total. The van der Waals surface area contributed by atoms with Gasteiger partial charge in [0.25, 0.3) is 0 Å². The number of hydrogen-bond donors (Lipinski definition) is 2. The van der Waals surface area contributed by atoms with Crippen LogP contribution in [0.15, 0.2) is 0 Å². The third-order valence-electron chi connectivity index (χ3n) is 3.57. The van der Waals surface area contributed by atoms with Gasteiger partial charge in [-0.3, -0.25) is 0 Å². The van der Waals surface area contributed by atoms with Crippen LogP contribution in [-0.4, -0.2) is 37.5 Å². The van der Waals surface area contributed by atoms with Gasteiger partial charge in [0.2, 0.25) is 0 Å². The van der Waals surface area contributed by atoms with E-state index in [9.17, 15) is 9.18 Å². The minimum absolute atomic E-state index is 0.0380. The molecule has 0 unspecified atom stereocenters. The van der Waals surface area contributed by atoms with Crippen LogP contribution < -0.4 is 10.6 Å². The summed E-state index contributed by atoms with van der Waals surface area (Å²) in [5.74, 6) is 0.496. The van der Waals surface area contributed by atoms with E-state index < -0.39 is 11.8 Å². The van der Waals surface area contributed by atoms with Crippen LogP contribution in [0.4, 0.5) is 9.18 Å². The molecule has 1 fully saturated rings. The van der Waals surface area contributed by atoms with Gasteiger partial charge in [-0.1, -0.05) is 0 Å². The van der Waals surface area contributed by atoms with Gasteiger partial charge in [-0.05, 0) is 65.8 Å². The quantitative estimate of drug-likeness (QED) is 0.817. The highest BCUT2D eigenvalue weighted by atomic mass is 19.1. The first kappa shape index (κ1) is 17.2. The molecule has 1 aliphatic rings. The predicted molar refractivity (Wildman–Crippen MR) is 78.6 cm³/mol. The van der Waals surface area contributed by atoms with Crippen LogP contribution in [0.2, 0.25) is 0 Å². The zero-order chi connectivity index (χ0) is 15.2. The van der Waals surface area contributed by atoms with E-state index in [2.05, 4.69) is 10.6 Å². The van der Waals surface area contributed by atoms with Crippen molar-refractivity contribution in [2.24, 2.45) is 5.92 Å². The standard InChI is InChI=1S/C15H29FN2O2/c1-15(2,3)20-14(19)18-13(10-17-4)9-11-5-7-12(16)8-6-11/h11-13,17H,5-10H2,1-4H3,(H,18,19)/t11?,12?,13-/m0/s1. The van der Waals surface area contributed by atoms with E-state index in [0.29, 0.717) is 25.3 Å². The molecular formula is C15H29FN2O2. The van der Waals surface area contributed by atoms with Gasteiger partial charge in [-0.25, -0.2) is 9.18 Å². The highest BCUT2D eigenvalue weighted by Crippen LogP contribution is 2.29. The summed E-state index contributed by atoms with van der Waals surface area (Å²) in [6.45, 7) is 6.25. The third-order valence-corrected chi connectivity index (χ3v) is 3.57. The molecule has 1 saturated carbocycles. The maximum atomic E-state index is 13.1. The lowest BCUT2D eigenvalue weighted by Gasteiger charge is -2.29. The van der Waals surface area contributed by atoms with Crippen molar-refractivity contribution in [1.82, 2.24) is 10.6 Å². The lowest BCUT2D eigenvalue weighted by Crippen LogP contribution is -2.44. The molecule has 4 nitrogen and oxygen atoms in total. The van der Waals surface area contributed by atoms with E-state index in [1.807, 2.05) is 27.8 Å². The van der Waals surface area contributed by atoms with E-state index in [-0.39, 0.29) is 12.1 Å². The molecule has 118 valence electrons. The molecule has 5 heteroatoms. The topological polar surface area (TPSA) is 50.4 Å². The van der Waals surface area contributed by atoms with Gasteiger partial charge in [-0.15, -0.1) is 0 Å². The molecule has 0 heterocycles. The van der Waals surface area contributed by atoms with E-state index in [1.165, 1.54) is 0 Å². The number of nitrogens with one attached hydrogen (secondary N) is 2. The number of hydrogen-bond acceptors (Lipinski definition) is 3. The van der Waals surface area contributed by atoms with Crippen LogP contribution in [-0.2, 0) is 4.74 Å². The van der Waals surface area contributed by atoms with Gasteiger partial charge in [-0.2, -0.15) is 0 Å². The van der Waals surface area contributed by atoms with Crippen LogP contribution in [0.25, 0.3) is 0 Å². The molecule has 20 heavy (non-hydrogen) atoms. The molecule has 0 aliphatic heterocycles. The van der Waals surface area contributed by atoms with Crippen LogP contribution in [0.5, 0.6) is 0 Å². The third kappa shape index (κ3) is 7.08. The normalized spacial score (nSPS) is 25.1. The summed E-state index contributed by atoms with van der Waals surface area (Å²) in [7, 11) is 1.86. The van der Waals surface area contributed by atoms with E-state index in [0.717, 1.165) is 19.3 Å². The molecular weight excluding hydrogens is 259 g/mol. The Bertz CT molecular complexity index is 297. The second kappa shape index (κ2) is 7.81. The van der Waals surface area contributed by atoms with E-state index in [4.69, 9.17) is 4.74 Å². The summed E-state index contributed by atoms with van der Waals surface area (Å²) in [6, 6.07) is 0.0380. The van der Waals surface area contributed by atoms with Gasteiger partial charge < -0.3 is 15.4 Å². The summed E-state index contributed by atoms with van der Waals surface area (Å²) in [4.78, 5) is 11.8. The number of alkyl carbamates (subject to hydrolysis) is 1. The minimum atomic E-state index is -0.632. The SMILES string of the molecule is CNC[C@H](CC1CCC(F)CC1)NC(=O)OC(C)(C)C. The first-order chi connectivity index (χ1) is 9.30. The lowest BCUT2D eigenvalue weighted by atomic mass is 9.84. The highest BCUT2D eigenvalue weighted by Gasteiger charge is 2.25. The number of likely N-dealkylation sites (N-methyl/N-ethyl adjacent to an activating group) is 1. The zero-order valence-corrected chi connectivity index (χ0v) is 13.2. The van der Waals surface area contributed by atoms with Gasteiger partial charge >= 0.3 is 6.09 Å². The summed E-state index contributed by atoms with van der Waals surface area (Å²) in [5.41, 5.74) is -0.486. The monoisotopic (exact) mass is 288 g/mol. The Morgan fingerprint density at radius 3 is 2.40 bits per heavy atom. The number of rotatable bonds is 5. The van der Waals surface area contributed by atoms with Crippen molar-refractivity contribution in [3.8, 4) is 0 Å². The predicted octanol–water partition coefficient (Wildman–Crippen LogP) is 3.02. The Hall–Kier alpha value is -0.840. The Morgan fingerprint density at radius 1 is 1.30 bits per heavy atom. The van der Waals surface area contributed by atoms with Crippen molar-refractivity contribution < 1.29 is 13.9 Å². The average molecular weight is 288 g/mol. The zero-order valence-electron chi connectivity index (χ0n) is 13.2. The Kier molecular flexibility index (Phi) is 6.72. The Morgan fingerprint density at radius 2 is 1.90 bits per heavy atom. The van der Waals surface area contributed by atoms with Crippen molar-refractivity contribution in [2.75, 3.05) is 13.6 Å². The fraction of sp³-hybridized carbons (Fsp3) is 0.933. The average Bonchev–Trinajstić information content (AvgIpc) is 2.30. The van der Waals surface area contributed by atoms with Gasteiger partial charge in [0.15, 0.2) is 0 Å². The fourth-order valence-electron chi connectivity index (χ4n) is 2.67. The molecule has 1 amide bonds. The largest absolute Gasteiger partial charge is 0.444 e. The van der Waals surface area contributed by atoms with Crippen LogP contribution >= 0.6 is 0 Å². The Balaban J connectivity index is 2.41. The van der Waals surface area contributed by atoms with Crippen LogP contribution in [0.3, 0.4) is 0 Å². The van der Waals surface area contributed by atoms with Gasteiger partial charge in [0.05, 0.1) is 0 Å². The van der Waals surface area contributed by atoms with Crippen molar-refractivity contribution in [1.29, 1.82) is 0 Å². The molecule has 0 aromatic carbocycles. The Labute approximate surface area is 121 Å². The van der Waals surface area contributed by atoms with E-state index >= 15 is 0 Å². The van der Waals surface area contributed by atoms with E-state index in [1.54, 1.807) is 0 Å². The number of carbonyl (C=O) groups is 1.